The van der Waals surface area contributed by atoms with E-state index in [0.717, 1.165) is 47.8 Å². The van der Waals surface area contributed by atoms with Gasteiger partial charge < -0.3 is 29.6 Å². The number of benzene rings is 2. The van der Waals surface area contributed by atoms with Gasteiger partial charge in [0.1, 0.15) is 6.54 Å². The molecular formula is C31H39N5O5. The number of carbonyl (C=O) groups excluding carboxylic acids is 3. The molecule has 2 fully saturated rings. The minimum Gasteiger partial charge on any atom is -0.493 e. The fraction of sp³-hybridized carbons (Fsp3) is 0.452. The summed E-state index contributed by atoms with van der Waals surface area (Å²) in [6.07, 6.45) is 6.25. The van der Waals surface area contributed by atoms with Crippen molar-refractivity contribution < 1.29 is 23.9 Å². The fourth-order valence-electron chi connectivity index (χ4n) is 5.55. The van der Waals surface area contributed by atoms with Gasteiger partial charge in [0.25, 0.3) is 0 Å². The van der Waals surface area contributed by atoms with Gasteiger partial charge in [0.15, 0.2) is 11.5 Å². The lowest BCUT2D eigenvalue weighted by atomic mass is 10.1. The van der Waals surface area contributed by atoms with Crippen molar-refractivity contribution in [3.63, 3.8) is 0 Å². The summed E-state index contributed by atoms with van der Waals surface area (Å²) in [6, 6.07) is 13.4. The maximum Gasteiger partial charge on any atom is 0.324 e. The van der Waals surface area contributed by atoms with Crippen LogP contribution in [0.1, 0.15) is 44.6 Å². The molecule has 2 aliphatic rings. The SMILES string of the molecule is CCCCCOc1cc(N2CCCN(Cc3cccc4c3ccn4CC(=O)NC3CNC(=O)C3)C2=O)ccc1OC. The number of rotatable bonds is 12. The maximum atomic E-state index is 13.7. The molecule has 0 bridgehead atoms. The monoisotopic (exact) mass is 561 g/mol. The summed E-state index contributed by atoms with van der Waals surface area (Å²) in [6.45, 7) is 5.16. The predicted octanol–water partition coefficient (Wildman–Crippen LogP) is 4.06. The van der Waals surface area contributed by atoms with Gasteiger partial charge in [0.05, 0.1) is 19.8 Å². The largest absolute Gasteiger partial charge is 0.493 e. The van der Waals surface area contributed by atoms with E-state index in [-0.39, 0.29) is 30.4 Å². The number of methoxy groups -OCH3 is 1. The van der Waals surface area contributed by atoms with E-state index in [1.807, 2.05) is 58.1 Å². The highest BCUT2D eigenvalue weighted by Gasteiger charge is 2.28. The Morgan fingerprint density at radius 3 is 2.76 bits per heavy atom. The zero-order valence-electron chi connectivity index (χ0n) is 23.9. The van der Waals surface area contributed by atoms with E-state index < -0.39 is 0 Å². The number of ether oxygens (including phenoxy) is 2. The van der Waals surface area contributed by atoms with Gasteiger partial charge in [-0.1, -0.05) is 31.9 Å². The van der Waals surface area contributed by atoms with Crippen LogP contribution in [0.3, 0.4) is 0 Å². The zero-order valence-corrected chi connectivity index (χ0v) is 23.9. The van der Waals surface area contributed by atoms with Crippen molar-refractivity contribution in [1.82, 2.24) is 20.1 Å². The summed E-state index contributed by atoms with van der Waals surface area (Å²) in [7, 11) is 1.62. The van der Waals surface area contributed by atoms with E-state index in [9.17, 15) is 14.4 Å². The van der Waals surface area contributed by atoms with Gasteiger partial charge in [-0.25, -0.2) is 4.79 Å². The van der Waals surface area contributed by atoms with Gasteiger partial charge in [-0.05, 0) is 42.7 Å². The quantitative estimate of drug-likeness (QED) is 0.325. The highest BCUT2D eigenvalue weighted by atomic mass is 16.5. The van der Waals surface area contributed by atoms with Crippen LogP contribution in [0.5, 0.6) is 11.5 Å². The molecule has 3 heterocycles. The van der Waals surface area contributed by atoms with Crippen LogP contribution >= 0.6 is 0 Å². The summed E-state index contributed by atoms with van der Waals surface area (Å²) >= 11 is 0. The molecule has 1 aromatic heterocycles. The van der Waals surface area contributed by atoms with Gasteiger partial charge in [-0.2, -0.15) is 0 Å². The van der Waals surface area contributed by atoms with Gasteiger partial charge in [0.2, 0.25) is 11.8 Å². The summed E-state index contributed by atoms with van der Waals surface area (Å²) in [4.78, 5) is 41.4. The number of amides is 4. The Kier molecular flexibility index (Phi) is 8.96. The summed E-state index contributed by atoms with van der Waals surface area (Å²) in [5, 5.41) is 6.68. The Bertz CT molecular complexity index is 1400. The lowest BCUT2D eigenvalue weighted by molar-refractivity contribution is -0.122. The van der Waals surface area contributed by atoms with Crippen LogP contribution in [0.15, 0.2) is 48.7 Å². The van der Waals surface area contributed by atoms with Crippen LogP contribution in [-0.4, -0.2) is 66.7 Å². The van der Waals surface area contributed by atoms with E-state index in [4.69, 9.17) is 9.47 Å². The number of fused-ring (bicyclic) bond motifs is 1. The maximum absolute atomic E-state index is 13.7. The number of nitrogens with zero attached hydrogens (tertiary/aromatic N) is 3. The number of nitrogens with one attached hydrogen (secondary N) is 2. The second-order valence-corrected chi connectivity index (χ2v) is 10.7. The van der Waals surface area contributed by atoms with Gasteiger partial charge in [-0.3, -0.25) is 14.5 Å². The number of carbonyl (C=O) groups is 3. The summed E-state index contributed by atoms with van der Waals surface area (Å²) in [5.41, 5.74) is 2.75. The lowest BCUT2D eigenvalue weighted by Gasteiger charge is -2.36. The van der Waals surface area contributed by atoms with E-state index in [1.54, 1.807) is 12.0 Å². The summed E-state index contributed by atoms with van der Waals surface area (Å²) in [5.74, 6) is 1.13. The Morgan fingerprint density at radius 1 is 1.10 bits per heavy atom. The number of aromatic nitrogens is 1. The van der Waals surface area contributed by atoms with Crippen molar-refractivity contribution in [2.24, 2.45) is 0 Å². The molecule has 2 aromatic carbocycles. The van der Waals surface area contributed by atoms with Gasteiger partial charge in [0, 0.05) is 61.5 Å². The third-order valence-corrected chi connectivity index (χ3v) is 7.70. The second kappa shape index (κ2) is 13.0. The minimum absolute atomic E-state index is 0.0413. The van der Waals surface area contributed by atoms with Crippen LogP contribution in [0, 0.1) is 0 Å². The third-order valence-electron chi connectivity index (χ3n) is 7.70. The average Bonchev–Trinajstić information content (AvgIpc) is 3.58. The highest BCUT2D eigenvalue weighted by molar-refractivity contribution is 5.94. The smallest absolute Gasteiger partial charge is 0.324 e. The van der Waals surface area contributed by atoms with Crippen molar-refractivity contribution in [2.75, 3.05) is 38.3 Å². The van der Waals surface area contributed by atoms with Crippen molar-refractivity contribution in [3.8, 4) is 11.5 Å². The Balaban J connectivity index is 1.27. The molecule has 0 radical (unpaired) electrons. The van der Waals surface area contributed by atoms with E-state index >= 15 is 0 Å². The Hall–Kier alpha value is -4.21. The molecule has 218 valence electrons. The predicted molar refractivity (Wildman–Crippen MR) is 157 cm³/mol. The average molecular weight is 562 g/mol. The van der Waals surface area contributed by atoms with Crippen molar-refractivity contribution >= 4 is 34.4 Å². The normalized spacial score (nSPS) is 17.2. The number of hydrogen-bond donors (Lipinski definition) is 2. The van der Waals surface area contributed by atoms with Crippen LogP contribution in [0.25, 0.3) is 10.9 Å². The number of hydrogen-bond acceptors (Lipinski definition) is 5. The molecule has 1 unspecified atom stereocenters. The molecule has 0 spiro atoms. The van der Waals surface area contributed by atoms with E-state index in [2.05, 4.69) is 17.6 Å². The standard InChI is InChI=1S/C31H39N5O5/c1-3-4-5-16-41-28-18-24(10-11-27(28)40-2)36-14-7-13-35(31(36)39)20-22-8-6-9-26-25(22)12-15-34(26)21-30(38)33-23-17-29(37)32-19-23/h6,8-12,15,18,23H,3-5,7,13-14,16-17,19-21H2,1-2H3,(H,32,37)(H,33,38). The van der Waals surface area contributed by atoms with Crippen LogP contribution in [0.2, 0.25) is 0 Å². The number of urea groups is 1. The van der Waals surface area contributed by atoms with Gasteiger partial charge >= 0.3 is 6.03 Å². The molecule has 41 heavy (non-hydrogen) atoms. The third kappa shape index (κ3) is 6.58. The van der Waals surface area contributed by atoms with Crippen LogP contribution in [0.4, 0.5) is 10.5 Å². The lowest BCUT2D eigenvalue weighted by Crippen LogP contribution is -2.49. The molecule has 3 aromatic rings. The van der Waals surface area contributed by atoms with Gasteiger partial charge in [-0.15, -0.1) is 0 Å². The molecule has 5 rings (SSSR count). The van der Waals surface area contributed by atoms with Crippen molar-refractivity contribution in [1.29, 1.82) is 0 Å². The molecular weight excluding hydrogens is 522 g/mol. The first-order valence-corrected chi connectivity index (χ1v) is 14.5. The van der Waals surface area contributed by atoms with Crippen molar-refractivity contribution in [2.45, 2.75) is 58.2 Å². The van der Waals surface area contributed by atoms with Crippen LogP contribution in [-0.2, 0) is 22.7 Å². The molecule has 2 N–H and O–H groups in total. The minimum atomic E-state index is -0.171. The molecule has 0 saturated carbocycles. The van der Waals surface area contributed by atoms with E-state index in [1.165, 1.54) is 0 Å². The Morgan fingerprint density at radius 2 is 1.98 bits per heavy atom. The zero-order chi connectivity index (χ0) is 28.8. The number of anilines is 1. The van der Waals surface area contributed by atoms with Crippen LogP contribution < -0.4 is 25.0 Å². The fourth-order valence-corrected chi connectivity index (χ4v) is 5.55. The highest BCUT2D eigenvalue weighted by Crippen LogP contribution is 2.34. The molecule has 10 heteroatoms. The molecule has 1 atom stereocenters. The number of unbranched alkanes of at least 4 members (excludes halogenated alkanes) is 2. The first-order chi connectivity index (χ1) is 20.0. The first kappa shape index (κ1) is 28.3. The molecule has 10 nitrogen and oxygen atoms in total. The molecule has 2 saturated heterocycles. The first-order valence-electron chi connectivity index (χ1n) is 14.5. The Labute approximate surface area is 240 Å². The molecule has 0 aliphatic carbocycles. The molecule has 4 amide bonds. The topological polar surface area (TPSA) is 105 Å². The van der Waals surface area contributed by atoms with E-state index in [0.29, 0.717) is 50.7 Å². The second-order valence-electron chi connectivity index (χ2n) is 10.7. The molecule has 2 aliphatic heterocycles. The van der Waals surface area contributed by atoms with Crippen molar-refractivity contribution in [3.05, 3.63) is 54.2 Å². The summed E-state index contributed by atoms with van der Waals surface area (Å²) < 4.78 is 13.4.